The lowest BCUT2D eigenvalue weighted by Crippen LogP contribution is -2.24. The topological polar surface area (TPSA) is 85.9 Å². The fraction of sp³-hybridized carbons (Fsp3) is 0.385. The lowest BCUT2D eigenvalue weighted by molar-refractivity contribution is -0.385. The Kier molecular flexibility index (Phi) is 4.41. The van der Waals surface area contributed by atoms with E-state index in [2.05, 4.69) is 15.4 Å². The standard InChI is InChI=1S/C13H17N5O2/c1-10(2)14-7-13-15-9-16-17(13)8-11-5-3-4-6-12(11)18(19)20/h3-6,9-10,14H,7-8H2,1-2H3. The molecule has 106 valence electrons. The zero-order chi connectivity index (χ0) is 14.5. The van der Waals surface area contributed by atoms with Crippen LogP contribution in [-0.2, 0) is 13.1 Å². The minimum atomic E-state index is -0.377. The van der Waals surface area contributed by atoms with Crippen molar-refractivity contribution in [3.8, 4) is 0 Å². The second-order valence-corrected chi connectivity index (χ2v) is 4.76. The average molecular weight is 275 g/mol. The maximum Gasteiger partial charge on any atom is 0.274 e. The number of nitrogens with one attached hydrogen (secondary N) is 1. The first-order valence-electron chi connectivity index (χ1n) is 6.40. The molecule has 0 saturated carbocycles. The number of aromatic nitrogens is 3. The largest absolute Gasteiger partial charge is 0.308 e. The van der Waals surface area contributed by atoms with Crippen LogP contribution in [0.2, 0.25) is 0 Å². The van der Waals surface area contributed by atoms with Crippen LogP contribution in [0.3, 0.4) is 0 Å². The first-order chi connectivity index (χ1) is 9.58. The molecule has 0 radical (unpaired) electrons. The number of rotatable bonds is 6. The van der Waals surface area contributed by atoms with Crippen molar-refractivity contribution in [1.29, 1.82) is 0 Å². The van der Waals surface area contributed by atoms with E-state index < -0.39 is 0 Å². The molecular formula is C13H17N5O2. The first-order valence-corrected chi connectivity index (χ1v) is 6.40. The maximum atomic E-state index is 11.0. The predicted molar refractivity (Wildman–Crippen MR) is 74.2 cm³/mol. The van der Waals surface area contributed by atoms with Crippen LogP contribution in [0.5, 0.6) is 0 Å². The van der Waals surface area contributed by atoms with Gasteiger partial charge in [-0.2, -0.15) is 5.10 Å². The van der Waals surface area contributed by atoms with E-state index in [0.717, 1.165) is 5.82 Å². The van der Waals surface area contributed by atoms with Crippen LogP contribution < -0.4 is 5.32 Å². The molecule has 0 atom stereocenters. The highest BCUT2D eigenvalue weighted by molar-refractivity contribution is 5.39. The highest BCUT2D eigenvalue weighted by atomic mass is 16.6. The first kappa shape index (κ1) is 14.1. The molecule has 1 aromatic heterocycles. The van der Waals surface area contributed by atoms with Crippen molar-refractivity contribution >= 4 is 5.69 Å². The highest BCUT2D eigenvalue weighted by Crippen LogP contribution is 2.18. The van der Waals surface area contributed by atoms with Gasteiger partial charge in [0.25, 0.3) is 5.69 Å². The molecule has 0 aliphatic rings. The Bertz CT molecular complexity index is 594. The van der Waals surface area contributed by atoms with Crippen LogP contribution >= 0.6 is 0 Å². The molecule has 1 heterocycles. The van der Waals surface area contributed by atoms with Crippen molar-refractivity contribution in [3.05, 3.63) is 52.1 Å². The van der Waals surface area contributed by atoms with Crippen LogP contribution in [0.4, 0.5) is 5.69 Å². The summed E-state index contributed by atoms with van der Waals surface area (Å²) in [5.41, 5.74) is 0.722. The Hall–Kier alpha value is -2.28. The van der Waals surface area contributed by atoms with Crippen LogP contribution in [0.25, 0.3) is 0 Å². The van der Waals surface area contributed by atoms with Crippen molar-refractivity contribution < 1.29 is 4.92 Å². The molecule has 1 N–H and O–H groups in total. The molecule has 7 nitrogen and oxygen atoms in total. The number of benzene rings is 1. The van der Waals surface area contributed by atoms with Crippen molar-refractivity contribution in [2.75, 3.05) is 0 Å². The lowest BCUT2D eigenvalue weighted by Gasteiger charge is -2.09. The summed E-state index contributed by atoms with van der Waals surface area (Å²) in [5.74, 6) is 0.761. The van der Waals surface area contributed by atoms with E-state index in [1.165, 1.54) is 12.4 Å². The Balaban J connectivity index is 2.19. The molecule has 7 heteroatoms. The monoisotopic (exact) mass is 275 g/mol. The van der Waals surface area contributed by atoms with Crippen molar-refractivity contribution in [2.24, 2.45) is 0 Å². The Morgan fingerprint density at radius 3 is 2.85 bits per heavy atom. The highest BCUT2D eigenvalue weighted by Gasteiger charge is 2.14. The van der Waals surface area contributed by atoms with E-state index in [0.29, 0.717) is 24.7 Å². The molecule has 0 unspecified atom stereocenters. The van der Waals surface area contributed by atoms with Gasteiger partial charge < -0.3 is 5.32 Å². The lowest BCUT2D eigenvalue weighted by atomic mass is 10.2. The quantitative estimate of drug-likeness (QED) is 0.641. The minimum Gasteiger partial charge on any atom is -0.308 e. The molecule has 0 bridgehead atoms. The van der Waals surface area contributed by atoms with Gasteiger partial charge >= 0.3 is 0 Å². The van der Waals surface area contributed by atoms with E-state index in [9.17, 15) is 10.1 Å². The van der Waals surface area contributed by atoms with Crippen molar-refractivity contribution in [1.82, 2.24) is 20.1 Å². The molecule has 0 aliphatic heterocycles. The Morgan fingerprint density at radius 2 is 2.15 bits per heavy atom. The molecular weight excluding hydrogens is 258 g/mol. The number of hydrogen-bond acceptors (Lipinski definition) is 5. The molecule has 1 aromatic carbocycles. The summed E-state index contributed by atoms with van der Waals surface area (Å²) >= 11 is 0. The number of hydrogen-bond donors (Lipinski definition) is 1. The van der Waals surface area contributed by atoms with Gasteiger partial charge in [0.1, 0.15) is 12.2 Å². The molecule has 20 heavy (non-hydrogen) atoms. The third kappa shape index (κ3) is 3.39. The van der Waals surface area contributed by atoms with Crippen molar-refractivity contribution in [3.63, 3.8) is 0 Å². The van der Waals surface area contributed by atoms with Gasteiger partial charge in [-0.05, 0) is 0 Å². The fourth-order valence-corrected chi connectivity index (χ4v) is 1.84. The molecule has 2 aromatic rings. The molecule has 0 amide bonds. The maximum absolute atomic E-state index is 11.0. The predicted octanol–water partition coefficient (Wildman–Crippen LogP) is 1.73. The van der Waals surface area contributed by atoms with Crippen LogP contribution in [0.1, 0.15) is 25.2 Å². The van der Waals surface area contributed by atoms with Gasteiger partial charge in [-0.1, -0.05) is 32.0 Å². The second-order valence-electron chi connectivity index (χ2n) is 4.76. The summed E-state index contributed by atoms with van der Waals surface area (Å²) < 4.78 is 1.68. The fourth-order valence-electron chi connectivity index (χ4n) is 1.84. The van der Waals surface area contributed by atoms with Gasteiger partial charge in [0, 0.05) is 12.1 Å². The Labute approximate surface area is 116 Å². The van der Waals surface area contributed by atoms with Gasteiger partial charge in [0.15, 0.2) is 0 Å². The van der Waals surface area contributed by atoms with Crippen LogP contribution in [0, 0.1) is 10.1 Å². The van der Waals surface area contributed by atoms with Gasteiger partial charge in [0.2, 0.25) is 0 Å². The number of nitro benzene ring substituents is 1. The van der Waals surface area contributed by atoms with E-state index in [-0.39, 0.29) is 10.6 Å². The van der Waals surface area contributed by atoms with E-state index in [4.69, 9.17) is 0 Å². The second kappa shape index (κ2) is 6.25. The number of nitro groups is 1. The SMILES string of the molecule is CC(C)NCc1ncnn1Cc1ccccc1[N+](=O)[O-]. The van der Waals surface area contributed by atoms with Crippen LogP contribution in [-0.4, -0.2) is 25.7 Å². The minimum absolute atomic E-state index is 0.103. The smallest absolute Gasteiger partial charge is 0.274 e. The molecule has 2 rings (SSSR count). The summed E-state index contributed by atoms with van der Waals surface area (Å²) in [5, 5.41) is 18.4. The van der Waals surface area contributed by atoms with E-state index in [1.54, 1.807) is 22.9 Å². The summed E-state index contributed by atoms with van der Waals surface area (Å²) in [6.45, 7) is 5.01. The molecule has 0 aliphatic carbocycles. The Morgan fingerprint density at radius 1 is 1.40 bits per heavy atom. The number of nitrogens with zero attached hydrogens (tertiary/aromatic N) is 4. The van der Waals surface area contributed by atoms with Crippen molar-refractivity contribution in [2.45, 2.75) is 33.0 Å². The average Bonchev–Trinajstić information content (AvgIpc) is 2.84. The number of para-hydroxylation sites is 1. The zero-order valence-electron chi connectivity index (χ0n) is 11.5. The summed E-state index contributed by atoms with van der Waals surface area (Å²) in [6, 6.07) is 7.01. The van der Waals surface area contributed by atoms with Gasteiger partial charge in [0.05, 0.1) is 23.6 Å². The normalized spacial score (nSPS) is 10.9. The molecule has 0 fully saturated rings. The van der Waals surface area contributed by atoms with E-state index in [1.807, 2.05) is 13.8 Å². The summed E-state index contributed by atoms with van der Waals surface area (Å²) in [6.07, 6.45) is 1.46. The summed E-state index contributed by atoms with van der Waals surface area (Å²) in [4.78, 5) is 14.8. The third-order valence-corrected chi connectivity index (χ3v) is 2.87. The zero-order valence-corrected chi connectivity index (χ0v) is 11.5. The van der Waals surface area contributed by atoms with Gasteiger partial charge in [-0.25, -0.2) is 9.67 Å². The molecule has 0 spiro atoms. The van der Waals surface area contributed by atoms with Gasteiger partial charge in [-0.3, -0.25) is 10.1 Å². The molecule has 0 saturated heterocycles. The third-order valence-electron chi connectivity index (χ3n) is 2.87. The summed E-state index contributed by atoms with van der Waals surface area (Å²) in [7, 11) is 0. The van der Waals surface area contributed by atoms with Crippen LogP contribution in [0.15, 0.2) is 30.6 Å². The van der Waals surface area contributed by atoms with Gasteiger partial charge in [-0.15, -0.1) is 0 Å². The van der Waals surface area contributed by atoms with E-state index >= 15 is 0 Å².